The molecule has 1 aromatic rings. The largest absolute Gasteiger partial charge is 0.288 e. The third kappa shape index (κ3) is 2.80. The van der Waals surface area contributed by atoms with Crippen LogP contribution in [0.3, 0.4) is 0 Å². The molecular weight excluding hydrogens is 252 g/mol. The Hall–Kier alpha value is -1.94. The zero-order valence-corrected chi connectivity index (χ0v) is 12.0. The number of benzene rings is 1. The fourth-order valence-electron chi connectivity index (χ4n) is 2.54. The summed E-state index contributed by atoms with van der Waals surface area (Å²) in [6, 6.07) is 8.72. The minimum Gasteiger partial charge on any atom is -0.288 e. The topological polar surface area (TPSA) is 40.6 Å². The molecule has 1 aromatic carbocycles. The van der Waals surface area contributed by atoms with Crippen molar-refractivity contribution < 1.29 is 9.59 Å². The Morgan fingerprint density at radius 2 is 2.00 bits per heavy atom. The molecule has 1 fully saturated rings. The molecule has 0 radical (unpaired) electrons. The molecule has 0 aromatic heterocycles. The van der Waals surface area contributed by atoms with Gasteiger partial charge in [-0.25, -0.2) is 4.90 Å². The van der Waals surface area contributed by atoms with E-state index in [4.69, 9.17) is 0 Å². The third-order valence-corrected chi connectivity index (χ3v) is 3.46. The molecule has 106 valence electrons. The van der Waals surface area contributed by atoms with Crippen molar-refractivity contribution in [2.75, 3.05) is 18.0 Å². The smallest absolute Gasteiger partial charge is 0.251 e. The van der Waals surface area contributed by atoms with Crippen LogP contribution in [0, 0.1) is 0 Å². The second-order valence-corrected chi connectivity index (χ2v) is 5.14. The number of nitrogens with zero attached hydrogens (tertiary/aromatic N) is 2. The molecular formula is C16H20N2O2. The second kappa shape index (κ2) is 6.01. The van der Waals surface area contributed by atoms with Crippen molar-refractivity contribution >= 4 is 17.5 Å². The number of imide groups is 1. The molecule has 1 aliphatic rings. The summed E-state index contributed by atoms with van der Waals surface area (Å²) in [6.07, 6.45) is 0.245. The van der Waals surface area contributed by atoms with Gasteiger partial charge in [0.2, 0.25) is 5.91 Å². The van der Waals surface area contributed by atoms with Crippen LogP contribution in [0.2, 0.25) is 0 Å². The average molecular weight is 272 g/mol. The molecule has 4 heteroatoms. The van der Waals surface area contributed by atoms with E-state index in [9.17, 15) is 9.59 Å². The van der Waals surface area contributed by atoms with Crippen LogP contribution in [0.1, 0.15) is 20.3 Å². The number of carbonyl (C=O) groups is 2. The highest BCUT2D eigenvalue weighted by Gasteiger charge is 2.42. The molecule has 2 amide bonds. The van der Waals surface area contributed by atoms with Crippen LogP contribution < -0.4 is 4.90 Å². The lowest BCUT2D eigenvalue weighted by Gasteiger charge is -2.25. The van der Waals surface area contributed by atoms with Gasteiger partial charge in [0, 0.05) is 6.54 Å². The minimum absolute atomic E-state index is 0.133. The van der Waals surface area contributed by atoms with E-state index >= 15 is 0 Å². The van der Waals surface area contributed by atoms with Gasteiger partial charge in [0.15, 0.2) is 0 Å². The van der Waals surface area contributed by atoms with E-state index < -0.39 is 0 Å². The highest BCUT2D eigenvalue weighted by Crippen LogP contribution is 2.25. The number of anilines is 1. The Balaban J connectivity index is 2.22. The Kier molecular flexibility index (Phi) is 4.35. The second-order valence-electron chi connectivity index (χ2n) is 5.14. The molecule has 0 bridgehead atoms. The van der Waals surface area contributed by atoms with Crippen LogP contribution in [0.5, 0.6) is 0 Å². The average Bonchev–Trinajstić information content (AvgIpc) is 2.72. The van der Waals surface area contributed by atoms with Crippen molar-refractivity contribution in [1.82, 2.24) is 4.90 Å². The molecule has 0 spiro atoms. The van der Waals surface area contributed by atoms with Gasteiger partial charge in [-0.05, 0) is 25.6 Å². The standard InChI is InChI=1S/C16H20N2O2/c1-4-17(11-12(2)3)14-10-15(19)18(16(14)20)13-8-6-5-7-9-13/h5-9,14H,2,4,10-11H2,1,3H3. The maximum absolute atomic E-state index is 12.5. The van der Waals surface area contributed by atoms with Gasteiger partial charge in [0.1, 0.15) is 0 Å². The van der Waals surface area contributed by atoms with Crippen molar-refractivity contribution in [3.05, 3.63) is 42.5 Å². The van der Waals surface area contributed by atoms with Crippen molar-refractivity contribution in [3.63, 3.8) is 0 Å². The van der Waals surface area contributed by atoms with Gasteiger partial charge in [-0.15, -0.1) is 0 Å². The van der Waals surface area contributed by atoms with E-state index in [0.29, 0.717) is 12.2 Å². The number of amides is 2. The van der Waals surface area contributed by atoms with Gasteiger partial charge < -0.3 is 0 Å². The highest BCUT2D eigenvalue weighted by molar-refractivity contribution is 6.22. The van der Waals surface area contributed by atoms with Crippen LogP contribution in [-0.4, -0.2) is 35.8 Å². The first-order valence-electron chi connectivity index (χ1n) is 6.85. The van der Waals surface area contributed by atoms with Crippen LogP contribution in [0.4, 0.5) is 5.69 Å². The first kappa shape index (κ1) is 14.5. The molecule has 2 rings (SSSR count). The van der Waals surface area contributed by atoms with E-state index in [1.165, 1.54) is 4.90 Å². The molecule has 1 heterocycles. The third-order valence-electron chi connectivity index (χ3n) is 3.46. The molecule has 0 N–H and O–H groups in total. The van der Waals surface area contributed by atoms with E-state index in [1.54, 1.807) is 12.1 Å². The minimum atomic E-state index is -0.371. The van der Waals surface area contributed by atoms with Gasteiger partial charge in [0.05, 0.1) is 18.2 Å². The van der Waals surface area contributed by atoms with Crippen molar-refractivity contribution in [3.8, 4) is 0 Å². The molecule has 1 aliphatic heterocycles. The summed E-state index contributed by atoms with van der Waals surface area (Å²) in [5, 5.41) is 0. The summed E-state index contributed by atoms with van der Waals surface area (Å²) in [7, 11) is 0. The van der Waals surface area contributed by atoms with Crippen molar-refractivity contribution in [2.24, 2.45) is 0 Å². The molecule has 20 heavy (non-hydrogen) atoms. The first-order valence-corrected chi connectivity index (χ1v) is 6.85. The van der Waals surface area contributed by atoms with E-state index in [-0.39, 0.29) is 24.3 Å². The molecule has 4 nitrogen and oxygen atoms in total. The number of hydrogen-bond donors (Lipinski definition) is 0. The van der Waals surface area contributed by atoms with Crippen molar-refractivity contribution in [1.29, 1.82) is 0 Å². The summed E-state index contributed by atoms with van der Waals surface area (Å²) < 4.78 is 0. The van der Waals surface area contributed by atoms with Gasteiger partial charge in [-0.1, -0.05) is 37.3 Å². The predicted octanol–water partition coefficient (Wildman–Crippen LogP) is 2.22. The number of hydrogen-bond acceptors (Lipinski definition) is 3. The highest BCUT2D eigenvalue weighted by atomic mass is 16.2. The first-order chi connectivity index (χ1) is 9.54. The summed E-state index contributed by atoms with van der Waals surface area (Å²) in [6.45, 7) is 9.17. The zero-order valence-electron chi connectivity index (χ0n) is 12.0. The predicted molar refractivity (Wildman–Crippen MR) is 79.4 cm³/mol. The van der Waals surface area contributed by atoms with Gasteiger partial charge in [-0.3, -0.25) is 14.5 Å². The van der Waals surface area contributed by atoms with Crippen LogP contribution in [0.25, 0.3) is 0 Å². The van der Waals surface area contributed by atoms with Crippen LogP contribution in [-0.2, 0) is 9.59 Å². The molecule has 0 aliphatic carbocycles. The van der Waals surface area contributed by atoms with Gasteiger partial charge >= 0.3 is 0 Å². The van der Waals surface area contributed by atoms with Crippen LogP contribution >= 0.6 is 0 Å². The maximum atomic E-state index is 12.5. The van der Waals surface area contributed by atoms with Gasteiger partial charge in [-0.2, -0.15) is 0 Å². The summed E-state index contributed by atoms with van der Waals surface area (Å²) in [5.41, 5.74) is 1.64. The molecule has 1 unspecified atom stereocenters. The molecule has 1 saturated heterocycles. The van der Waals surface area contributed by atoms with Crippen LogP contribution in [0.15, 0.2) is 42.5 Å². The van der Waals surface area contributed by atoms with Gasteiger partial charge in [0.25, 0.3) is 5.91 Å². The van der Waals surface area contributed by atoms with E-state index in [0.717, 1.165) is 12.1 Å². The van der Waals surface area contributed by atoms with E-state index in [1.807, 2.05) is 36.9 Å². The quantitative estimate of drug-likeness (QED) is 0.609. The summed E-state index contributed by atoms with van der Waals surface area (Å²) in [5.74, 6) is -0.268. The lowest BCUT2D eigenvalue weighted by Crippen LogP contribution is -2.42. The lowest BCUT2D eigenvalue weighted by atomic mass is 10.2. The Bertz CT molecular complexity index is 525. The fraction of sp³-hybridized carbons (Fsp3) is 0.375. The number of likely N-dealkylation sites (N-methyl/N-ethyl adjacent to an activating group) is 1. The summed E-state index contributed by atoms with van der Waals surface area (Å²) in [4.78, 5) is 28.0. The maximum Gasteiger partial charge on any atom is 0.251 e. The Morgan fingerprint density at radius 3 is 2.55 bits per heavy atom. The molecule has 1 atom stereocenters. The summed E-state index contributed by atoms with van der Waals surface area (Å²) >= 11 is 0. The van der Waals surface area contributed by atoms with Crippen molar-refractivity contribution in [2.45, 2.75) is 26.3 Å². The zero-order chi connectivity index (χ0) is 14.7. The Labute approximate surface area is 119 Å². The molecule has 0 saturated carbocycles. The monoisotopic (exact) mass is 272 g/mol. The number of rotatable bonds is 5. The normalized spacial score (nSPS) is 18.9. The SMILES string of the molecule is C=C(C)CN(CC)C1CC(=O)N(c2ccccc2)C1=O. The Morgan fingerprint density at radius 1 is 1.35 bits per heavy atom. The number of carbonyl (C=O) groups excluding carboxylic acids is 2. The number of para-hydroxylation sites is 1. The lowest BCUT2D eigenvalue weighted by molar-refractivity contribution is -0.122. The fourth-order valence-corrected chi connectivity index (χ4v) is 2.54. The van der Waals surface area contributed by atoms with E-state index in [2.05, 4.69) is 6.58 Å².